The Kier molecular flexibility index (Phi) is 49.2. The zero-order chi connectivity index (χ0) is 78.2. The molecule has 12 heteroatoms. The van der Waals surface area contributed by atoms with Crippen LogP contribution in [-0.4, -0.2) is 268 Å². The summed E-state index contributed by atoms with van der Waals surface area (Å²) in [6, 6.07) is 9.69. The van der Waals surface area contributed by atoms with Crippen molar-refractivity contribution in [2.75, 3.05) is 124 Å². The van der Waals surface area contributed by atoms with Gasteiger partial charge in [-0.05, 0) is 383 Å². The molecule has 0 aromatic rings. The molecule has 11 aliphatic rings. The van der Waals surface area contributed by atoms with Gasteiger partial charge in [-0.2, -0.15) is 0 Å². The lowest BCUT2D eigenvalue weighted by Crippen LogP contribution is -2.42. The summed E-state index contributed by atoms with van der Waals surface area (Å²) in [7, 11) is 0. The molecule has 11 fully saturated rings. The molecule has 11 saturated heterocycles. The van der Waals surface area contributed by atoms with Crippen molar-refractivity contribution in [3.8, 4) is 0 Å². The third-order valence-corrected chi connectivity index (χ3v) is 25.1. The van der Waals surface area contributed by atoms with E-state index in [9.17, 15) is 4.39 Å². The summed E-state index contributed by atoms with van der Waals surface area (Å²) in [4.78, 5) is 27.7. The highest BCUT2D eigenvalue weighted by molar-refractivity contribution is 4.91. The molecule has 0 aliphatic carbocycles. The molecule has 0 aromatic heterocycles. The summed E-state index contributed by atoms with van der Waals surface area (Å²) in [5.41, 5.74) is 0.114. The Balaban J connectivity index is 0.000000561. The van der Waals surface area contributed by atoms with E-state index in [0.717, 1.165) is 115 Å². The van der Waals surface area contributed by atoms with Gasteiger partial charge in [0.1, 0.15) is 5.67 Å². The van der Waals surface area contributed by atoms with Gasteiger partial charge in [0.05, 0.1) is 0 Å². The predicted molar refractivity (Wildman–Crippen MR) is 455 cm³/mol. The topological polar surface area (TPSA) is 35.6 Å². The van der Waals surface area contributed by atoms with E-state index in [2.05, 4.69) is 289 Å². The molecule has 1 unspecified atom stereocenters. The van der Waals surface area contributed by atoms with Gasteiger partial charge in [-0.3, -0.25) is 19.6 Å². The van der Waals surface area contributed by atoms with Crippen LogP contribution in [-0.2, 0) is 0 Å². The number of hydrogen-bond donors (Lipinski definition) is 0. The second-order valence-electron chi connectivity index (χ2n) is 39.8. The summed E-state index contributed by atoms with van der Waals surface area (Å²) in [5, 5.41) is 0. The van der Waals surface area contributed by atoms with Crippen LogP contribution in [0.4, 0.5) is 4.39 Å². The summed E-state index contributed by atoms with van der Waals surface area (Å²) in [5.74, 6) is 5.56. The summed E-state index contributed by atoms with van der Waals surface area (Å²) >= 11 is 0. The number of halogens is 1. The maximum atomic E-state index is 13.2. The van der Waals surface area contributed by atoms with Crippen molar-refractivity contribution in [3.63, 3.8) is 0 Å². The highest BCUT2D eigenvalue weighted by Crippen LogP contribution is 2.32. The molecule has 11 aliphatic heterocycles. The van der Waals surface area contributed by atoms with Crippen LogP contribution in [0.25, 0.3) is 0 Å². The molecule has 9 atom stereocenters. The largest absolute Gasteiger partial charge is 0.301 e. The number of likely N-dealkylation sites (tertiary alicyclic amines) is 11. The molecule has 11 nitrogen and oxygen atoms in total. The second kappa shape index (κ2) is 50.4. The van der Waals surface area contributed by atoms with Gasteiger partial charge in [0.15, 0.2) is 0 Å². The molecule has 0 saturated carbocycles. The Bertz CT molecular complexity index is 1860. The molecule has 612 valence electrons. The number of hydrogen-bond acceptors (Lipinski definition) is 11. The third kappa shape index (κ3) is 41.0. The van der Waals surface area contributed by atoms with Crippen LogP contribution in [0.5, 0.6) is 0 Å². The Morgan fingerprint density at radius 3 is 0.716 bits per heavy atom. The highest BCUT2D eigenvalue weighted by atomic mass is 19.1. The van der Waals surface area contributed by atoms with Crippen molar-refractivity contribution in [2.24, 2.45) is 40.9 Å². The molecular formula is C90H190FN11. The first-order chi connectivity index (χ1) is 47.2. The van der Waals surface area contributed by atoms with E-state index in [1.165, 1.54) is 195 Å². The Hall–Kier alpha value is -0.510. The summed E-state index contributed by atoms with van der Waals surface area (Å²) in [6.45, 7) is 103. The summed E-state index contributed by atoms with van der Waals surface area (Å²) in [6.07, 6.45) is 18.9. The molecule has 0 aromatic carbocycles. The van der Waals surface area contributed by atoms with Gasteiger partial charge in [0.2, 0.25) is 0 Å². The first-order valence-corrected chi connectivity index (χ1v) is 44.1. The normalized spacial score (nSPS) is 29.8. The average Bonchev–Trinajstić information content (AvgIpc) is 1.94. The third-order valence-electron chi connectivity index (χ3n) is 25.1. The highest BCUT2D eigenvalue weighted by Gasteiger charge is 2.36. The second-order valence-corrected chi connectivity index (χ2v) is 39.8. The number of alkyl halides is 1. The van der Waals surface area contributed by atoms with Gasteiger partial charge in [-0.1, -0.05) is 55.4 Å². The molecular weight excluding hydrogens is 1250 g/mol. The number of nitrogens with zero attached hydrogens (tertiary/aromatic N) is 11. The maximum absolute atomic E-state index is 13.2. The van der Waals surface area contributed by atoms with Crippen molar-refractivity contribution in [1.82, 2.24) is 53.9 Å². The fraction of sp³-hybridized carbons (Fsp3) is 1.00. The molecule has 11 heterocycles. The molecule has 0 bridgehead atoms. The van der Waals surface area contributed by atoms with E-state index in [4.69, 9.17) is 0 Å². The fourth-order valence-corrected chi connectivity index (χ4v) is 17.1. The lowest BCUT2D eigenvalue weighted by atomic mass is 9.93. The molecule has 0 N–H and O–H groups in total. The van der Waals surface area contributed by atoms with Crippen molar-refractivity contribution >= 4 is 0 Å². The van der Waals surface area contributed by atoms with Gasteiger partial charge in [-0.25, -0.2) is 4.39 Å². The Morgan fingerprint density at radius 2 is 0.578 bits per heavy atom. The quantitative estimate of drug-likeness (QED) is 0.199. The maximum Gasteiger partial charge on any atom is 0.122 e. The van der Waals surface area contributed by atoms with Crippen LogP contribution >= 0.6 is 0 Å². The summed E-state index contributed by atoms with van der Waals surface area (Å²) < 4.78 is 13.2. The van der Waals surface area contributed by atoms with Crippen LogP contribution in [0.15, 0.2) is 0 Å². The average molecular weight is 1450 g/mol. The van der Waals surface area contributed by atoms with E-state index in [-0.39, 0.29) is 0 Å². The Morgan fingerprint density at radius 1 is 0.265 bits per heavy atom. The zero-order valence-electron chi connectivity index (χ0n) is 76.1. The minimum Gasteiger partial charge on any atom is -0.301 e. The number of rotatable bonds is 11. The predicted octanol–water partition coefficient (Wildman–Crippen LogP) is 20.4. The first kappa shape index (κ1) is 99.5. The smallest absolute Gasteiger partial charge is 0.122 e. The Labute approximate surface area is 642 Å². The van der Waals surface area contributed by atoms with E-state index >= 15 is 0 Å². The van der Waals surface area contributed by atoms with E-state index in [0.29, 0.717) is 30.0 Å². The van der Waals surface area contributed by atoms with Gasteiger partial charge in [0, 0.05) is 143 Å². The first-order valence-electron chi connectivity index (χ1n) is 44.1. The van der Waals surface area contributed by atoms with Gasteiger partial charge < -0.3 is 34.3 Å². The van der Waals surface area contributed by atoms with E-state index < -0.39 is 5.67 Å². The monoisotopic (exact) mass is 1440 g/mol. The lowest BCUT2D eigenvalue weighted by Gasteiger charge is -2.34. The van der Waals surface area contributed by atoms with E-state index in [1.807, 2.05) is 0 Å². The van der Waals surface area contributed by atoms with E-state index in [1.54, 1.807) is 6.92 Å². The standard InChI is InChI=1S/3C9H19N.C8H16FN.6C8H17N.C7H15N/c1-7(2)10-5-8(3)9(4)6-10;1-8(2)10-6-5-9(3,4)7-10;1-8(2)10-7-5-6-9(10,3)4;1-7(2)10-5-4-8(3,9)6-10;4*1-7(2)9-5-4-8(3)6-9;2*1-7(2)9-6-4-5-8(9)3;1-7(2)8-5-3-4-6-8/h7-9H,5-6H2,1-4H3;2*8H,5-7H2,1-4H3;7H,4-6H2,1-3H3;6*7-8H,4-6H2,1-3H3;7H,3-6H2,1-2H3/t8-,9-;;;;6*8-;/m0...110010./s1. The van der Waals surface area contributed by atoms with Crippen molar-refractivity contribution in [3.05, 3.63) is 0 Å². The van der Waals surface area contributed by atoms with Crippen molar-refractivity contribution < 1.29 is 4.39 Å². The SMILES string of the molecule is CC(C)N1CCC(C)(C)C1.CC(C)N1CCC(C)(F)C1.CC(C)N1CCCC1.CC(C)N1CCCC1(C)C.CC(C)N1CCC[C@@H]1C.CC(C)N1CCC[C@H]1C.CC(C)N1CC[C@@H](C)C1.CC(C)N1CC[C@@H](C)C1.CC(C)N1CC[C@H](C)C1.CC(C)N1CC[C@H](C)C1.CC(C)N1C[C@H](C)[C@@H](C)C1. The van der Waals surface area contributed by atoms with Crippen LogP contribution < -0.4 is 0 Å². The molecule has 11 rings (SSSR count). The minimum atomic E-state index is -0.926. The van der Waals surface area contributed by atoms with Gasteiger partial charge in [0.25, 0.3) is 0 Å². The van der Waals surface area contributed by atoms with Crippen molar-refractivity contribution in [2.45, 2.75) is 422 Å². The van der Waals surface area contributed by atoms with Crippen LogP contribution in [0.3, 0.4) is 0 Å². The minimum absolute atomic E-state index is 0.466. The lowest BCUT2D eigenvalue weighted by molar-refractivity contribution is 0.135. The van der Waals surface area contributed by atoms with Crippen LogP contribution in [0.2, 0.25) is 0 Å². The van der Waals surface area contributed by atoms with Gasteiger partial charge >= 0.3 is 0 Å². The molecule has 0 radical (unpaired) electrons. The van der Waals surface area contributed by atoms with Crippen LogP contribution in [0.1, 0.15) is 332 Å². The van der Waals surface area contributed by atoms with Crippen molar-refractivity contribution in [1.29, 1.82) is 0 Å². The van der Waals surface area contributed by atoms with Crippen LogP contribution in [0, 0.1) is 40.9 Å². The molecule has 0 amide bonds. The molecule has 0 spiro atoms. The fourth-order valence-electron chi connectivity index (χ4n) is 17.1. The molecule has 102 heavy (non-hydrogen) atoms. The zero-order valence-corrected chi connectivity index (χ0v) is 76.1. The van der Waals surface area contributed by atoms with Gasteiger partial charge in [-0.15, -0.1) is 0 Å².